The van der Waals surface area contributed by atoms with E-state index in [1.165, 1.54) is 6.92 Å². The summed E-state index contributed by atoms with van der Waals surface area (Å²) in [6, 6.07) is 0. The van der Waals surface area contributed by atoms with Crippen LogP contribution in [-0.4, -0.2) is 17.3 Å². The van der Waals surface area contributed by atoms with Gasteiger partial charge in [0.1, 0.15) is 0 Å². The van der Waals surface area contributed by atoms with Crippen molar-refractivity contribution in [3.8, 4) is 11.7 Å². The lowest BCUT2D eigenvalue weighted by Crippen LogP contribution is -1.98. The number of rotatable bonds is 3. The monoisotopic (exact) mass is 184 g/mol. The molecule has 6 heteroatoms. The maximum absolute atomic E-state index is 10.0. The predicted molar refractivity (Wildman–Crippen MR) is 44.0 cm³/mol. The van der Waals surface area contributed by atoms with Crippen LogP contribution in [0.3, 0.4) is 0 Å². The fraction of sp³-hybridized carbons (Fsp3) is 0.143. The summed E-state index contributed by atoms with van der Waals surface area (Å²) in [5.74, 6) is -0.736. The van der Waals surface area contributed by atoms with Crippen LogP contribution in [0.4, 0.5) is 5.69 Å². The molecule has 0 aliphatic carbocycles. The summed E-state index contributed by atoms with van der Waals surface area (Å²) in [5, 5.41) is 16.2. The maximum Gasteiger partial charge on any atom is 0.310 e. The van der Waals surface area contributed by atoms with Gasteiger partial charge in [0.05, 0.1) is 5.71 Å². The van der Waals surface area contributed by atoms with Gasteiger partial charge in [-0.15, -0.1) is 0 Å². The van der Waals surface area contributed by atoms with E-state index in [9.17, 15) is 4.79 Å². The Kier molecular flexibility index (Phi) is 2.23. The molecule has 0 fully saturated rings. The number of nitrogens with one attached hydrogen (secondary N) is 1. The molecule has 1 aromatic heterocycles. The third kappa shape index (κ3) is 1.46. The van der Waals surface area contributed by atoms with E-state index in [1.54, 1.807) is 0 Å². The van der Waals surface area contributed by atoms with Gasteiger partial charge in [-0.05, 0) is 6.92 Å². The summed E-state index contributed by atoms with van der Waals surface area (Å²) in [5.41, 5.74) is 5.12. The molecular formula is C7H8N2O4. The number of anilines is 1. The van der Waals surface area contributed by atoms with Crippen molar-refractivity contribution < 1.29 is 19.1 Å². The number of nitrogen functional groups attached to an aromatic ring is 1. The van der Waals surface area contributed by atoms with Crippen LogP contribution in [0.1, 0.15) is 12.7 Å². The third-order valence-corrected chi connectivity index (χ3v) is 1.39. The smallest absolute Gasteiger partial charge is 0.310 e. The summed E-state index contributed by atoms with van der Waals surface area (Å²) in [7, 11) is 0. The van der Waals surface area contributed by atoms with Crippen LogP contribution in [0, 0.1) is 5.41 Å². The third-order valence-electron chi connectivity index (χ3n) is 1.39. The molecule has 0 amide bonds. The van der Waals surface area contributed by atoms with E-state index in [2.05, 4.69) is 9.15 Å². The number of furan rings is 1. The minimum absolute atomic E-state index is 0.00356. The highest BCUT2D eigenvalue weighted by molar-refractivity contribution is 5.98. The zero-order chi connectivity index (χ0) is 10.0. The highest BCUT2D eigenvalue weighted by Gasteiger charge is 2.20. The number of nitrogens with two attached hydrogens (primary N) is 1. The average Bonchev–Trinajstić information content (AvgIpc) is 2.33. The minimum atomic E-state index is -0.557. The summed E-state index contributed by atoms with van der Waals surface area (Å²) in [6.07, 6.45) is 0. The lowest BCUT2D eigenvalue weighted by atomic mass is 10.3. The van der Waals surface area contributed by atoms with E-state index in [1.807, 2.05) is 0 Å². The number of hydrogen-bond acceptors (Lipinski definition) is 6. The second-order valence-corrected chi connectivity index (χ2v) is 2.32. The quantitative estimate of drug-likeness (QED) is 0.467. The largest absolute Gasteiger partial charge is 0.479 e. The molecule has 4 N–H and O–H groups in total. The Bertz CT molecular complexity index is 356. The molecule has 6 nitrogen and oxygen atoms in total. The van der Waals surface area contributed by atoms with Crippen LogP contribution in [0.15, 0.2) is 4.42 Å². The maximum atomic E-state index is 10.0. The number of ether oxygens (including phenoxy) is 1. The Morgan fingerprint density at radius 2 is 2.38 bits per heavy atom. The van der Waals surface area contributed by atoms with Crippen LogP contribution in [0.25, 0.3) is 0 Å². The number of carbonyl (C=O) groups is 1. The van der Waals surface area contributed by atoms with Crippen LogP contribution in [0.2, 0.25) is 0 Å². The molecule has 0 aliphatic heterocycles. The van der Waals surface area contributed by atoms with Gasteiger partial charge < -0.3 is 25.4 Å². The van der Waals surface area contributed by atoms with E-state index < -0.39 is 5.95 Å². The standard InChI is InChI=1S/C7H8N2O4/c1-3(8)5-6(12-2-10)4(9)7(11)13-5/h2,8,11H,9H2,1H3. The van der Waals surface area contributed by atoms with E-state index >= 15 is 0 Å². The second-order valence-electron chi connectivity index (χ2n) is 2.32. The molecule has 13 heavy (non-hydrogen) atoms. The normalized spacial score (nSPS) is 9.62. The highest BCUT2D eigenvalue weighted by Crippen LogP contribution is 2.37. The van der Waals surface area contributed by atoms with Crippen LogP contribution >= 0.6 is 0 Å². The first-order chi connectivity index (χ1) is 6.07. The van der Waals surface area contributed by atoms with Crippen molar-refractivity contribution in [3.05, 3.63) is 5.76 Å². The summed E-state index contributed by atoms with van der Waals surface area (Å²) >= 11 is 0. The first-order valence-corrected chi connectivity index (χ1v) is 3.35. The van der Waals surface area contributed by atoms with Gasteiger partial charge in [-0.1, -0.05) is 0 Å². The fourth-order valence-electron chi connectivity index (χ4n) is 0.829. The van der Waals surface area contributed by atoms with Gasteiger partial charge in [0.25, 0.3) is 6.47 Å². The van der Waals surface area contributed by atoms with E-state index in [0.717, 1.165) is 0 Å². The number of hydrogen-bond donors (Lipinski definition) is 3. The predicted octanol–water partition coefficient (Wildman–Crippen LogP) is 0.490. The summed E-state index contributed by atoms with van der Waals surface area (Å²) < 4.78 is 9.13. The number of carbonyl (C=O) groups excluding carboxylic acids is 1. The molecular weight excluding hydrogens is 176 g/mol. The lowest BCUT2D eigenvalue weighted by molar-refractivity contribution is -0.120. The Morgan fingerprint density at radius 3 is 2.85 bits per heavy atom. The zero-order valence-electron chi connectivity index (χ0n) is 6.83. The molecule has 1 rings (SSSR count). The van der Waals surface area contributed by atoms with Crippen molar-refractivity contribution in [1.82, 2.24) is 0 Å². The van der Waals surface area contributed by atoms with Crippen molar-refractivity contribution in [2.24, 2.45) is 0 Å². The molecule has 0 unspecified atom stereocenters. The Labute approximate surface area is 73.4 Å². The van der Waals surface area contributed by atoms with E-state index in [-0.39, 0.29) is 29.4 Å². The molecule has 0 saturated heterocycles. The SMILES string of the molecule is CC(=N)c1oc(O)c(N)c1OC=O. The van der Waals surface area contributed by atoms with Crippen LogP contribution in [-0.2, 0) is 4.79 Å². The first-order valence-electron chi connectivity index (χ1n) is 3.35. The molecule has 0 bridgehead atoms. The van der Waals surface area contributed by atoms with Crippen LogP contribution < -0.4 is 10.5 Å². The fourth-order valence-corrected chi connectivity index (χ4v) is 0.829. The van der Waals surface area contributed by atoms with Gasteiger partial charge in [-0.2, -0.15) is 0 Å². The first kappa shape index (κ1) is 9.11. The van der Waals surface area contributed by atoms with E-state index in [0.29, 0.717) is 0 Å². The summed E-state index contributed by atoms with van der Waals surface area (Å²) in [4.78, 5) is 10.0. The molecule has 1 aromatic rings. The Balaban J connectivity index is 3.25. The van der Waals surface area contributed by atoms with E-state index in [4.69, 9.17) is 16.2 Å². The lowest BCUT2D eigenvalue weighted by Gasteiger charge is -1.96. The van der Waals surface area contributed by atoms with Crippen molar-refractivity contribution in [3.63, 3.8) is 0 Å². The van der Waals surface area contributed by atoms with Gasteiger partial charge in [0.2, 0.25) is 5.75 Å². The zero-order valence-corrected chi connectivity index (χ0v) is 6.83. The molecule has 0 spiro atoms. The van der Waals surface area contributed by atoms with Crippen molar-refractivity contribution in [1.29, 1.82) is 5.41 Å². The number of aromatic hydroxyl groups is 1. The minimum Gasteiger partial charge on any atom is -0.479 e. The van der Waals surface area contributed by atoms with Crippen molar-refractivity contribution in [2.75, 3.05) is 5.73 Å². The second kappa shape index (κ2) is 3.18. The van der Waals surface area contributed by atoms with Gasteiger partial charge >= 0.3 is 5.95 Å². The average molecular weight is 184 g/mol. The van der Waals surface area contributed by atoms with Gasteiger partial charge in [-0.25, -0.2) is 0 Å². The molecule has 0 saturated carbocycles. The van der Waals surface area contributed by atoms with Crippen molar-refractivity contribution >= 4 is 17.9 Å². The molecule has 70 valence electrons. The molecule has 0 radical (unpaired) electrons. The van der Waals surface area contributed by atoms with Gasteiger partial charge in [-0.3, -0.25) is 4.79 Å². The van der Waals surface area contributed by atoms with Crippen molar-refractivity contribution in [2.45, 2.75) is 6.92 Å². The topological polar surface area (TPSA) is 110 Å². The molecule has 0 aliphatic rings. The molecule has 1 heterocycles. The van der Waals surface area contributed by atoms with Crippen LogP contribution in [0.5, 0.6) is 11.7 Å². The molecule has 0 aromatic carbocycles. The highest BCUT2D eigenvalue weighted by atomic mass is 16.5. The molecule has 0 atom stereocenters. The van der Waals surface area contributed by atoms with Gasteiger partial charge in [0, 0.05) is 0 Å². The Hall–Kier alpha value is -1.98. The van der Waals surface area contributed by atoms with Gasteiger partial charge in [0.15, 0.2) is 11.4 Å². The Morgan fingerprint density at radius 1 is 1.77 bits per heavy atom. The summed E-state index contributed by atoms with van der Waals surface area (Å²) in [6.45, 7) is 1.56.